The number of amides is 2. The monoisotopic (exact) mass is 368 g/mol. The van der Waals surface area contributed by atoms with Crippen LogP contribution in [-0.4, -0.2) is 52.8 Å². The van der Waals surface area contributed by atoms with Crippen molar-refractivity contribution >= 4 is 6.03 Å². The number of carbonyl (C=O) groups is 1. The normalized spacial score (nSPS) is 19.2. The van der Waals surface area contributed by atoms with E-state index in [0.29, 0.717) is 18.5 Å². The summed E-state index contributed by atoms with van der Waals surface area (Å²) in [5, 5.41) is 3.10. The zero-order valence-electron chi connectivity index (χ0n) is 15.7. The number of benzene rings is 1. The molecule has 1 aliphatic carbocycles. The van der Waals surface area contributed by atoms with Crippen LogP contribution in [0.15, 0.2) is 42.7 Å². The van der Waals surface area contributed by atoms with Gasteiger partial charge in [-0.05, 0) is 24.8 Å². The second-order valence-electron chi connectivity index (χ2n) is 7.55. The summed E-state index contributed by atoms with van der Waals surface area (Å²) in [4.78, 5) is 19.2. The van der Waals surface area contributed by atoms with Gasteiger partial charge in [-0.15, -0.1) is 0 Å². The van der Waals surface area contributed by atoms with Crippen molar-refractivity contribution in [3.8, 4) is 0 Å². The molecule has 2 aromatic rings. The third kappa shape index (κ3) is 4.89. The summed E-state index contributed by atoms with van der Waals surface area (Å²) < 4.78 is 7.61. The molecule has 2 heterocycles. The zero-order chi connectivity index (χ0) is 18.5. The SMILES string of the molecule is O=C(NCCc1nccn1Cc1ccccc1)N(CC1CCOC1)C1CC1. The Labute approximate surface area is 160 Å². The van der Waals surface area contributed by atoms with Gasteiger partial charge in [-0.2, -0.15) is 0 Å². The van der Waals surface area contributed by atoms with Crippen LogP contribution < -0.4 is 5.32 Å². The number of nitrogens with zero attached hydrogens (tertiary/aromatic N) is 3. The van der Waals surface area contributed by atoms with Gasteiger partial charge in [0.2, 0.25) is 0 Å². The molecule has 2 fully saturated rings. The summed E-state index contributed by atoms with van der Waals surface area (Å²) >= 11 is 0. The van der Waals surface area contributed by atoms with E-state index in [2.05, 4.69) is 27.0 Å². The Morgan fingerprint density at radius 3 is 2.85 bits per heavy atom. The van der Waals surface area contributed by atoms with Gasteiger partial charge in [-0.3, -0.25) is 0 Å². The third-order valence-corrected chi connectivity index (χ3v) is 5.35. The van der Waals surface area contributed by atoms with Crippen LogP contribution >= 0.6 is 0 Å². The highest BCUT2D eigenvalue weighted by Crippen LogP contribution is 2.29. The summed E-state index contributed by atoms with van der Waals surface area (Å²) in [6, 6.07) is 10.8. The quantitative estimate of drug-likeness (QED) is 0.779. The maximum absolute atomic E-state index is 12.7. The lowest BCUT2D eigenvalue weighted by molar-refractivity contribution is 0.162. The molecule has 1 saturated heterocycles. The van der Waals surface area contributed by atoms with E-state index in [-0.39, 0.29) is 6.03 Å². The number of nitrogens with one attached hydrogen (secondary N) is 1. The van der Waals surface area contributed by atoms with Gasteiger partial charge in [0, 0.05) is 57.0 Å². The van der Waals surface area contributed by atoms with Gasteiger partial charge in [-0.25, -0.2) is 9.78 Å². The maximum atomic E-state index is 12.7. The van der Waals surface area contributed by atoms with Crippen LogP contribution in [0.25, 0.3) is 0 Å². The number of ether oxygens (including phenoxy) is 1. The molecule has 1 saturated carbocycles. The summed E-state index contributed by atoms with van der Waals surface area (Å²) in [6.45, 7) is 3.84. The molecule has 27 heavy (non-hydrogen) atoms. The molecule has 6 nitrogen and oxygen atoms in total. The van der Waals surface area contributed by atoms with E-state index in [0.717, 1.165) is 57.8 Å². The van der Waals surface area contributed by atoms with Crippen molar-refractivity contribution in [3.05, 3.63) is 54.1 Å². The lowest BCUT2D eigenvalue weighted by Gasteiger charge is -2.25. The van der Waals surface area contributed by atoms with Crippen LogP contribution in [0.5, 0.6) is 0 Å². The van der Waals surface area contributed by atoms with E-state index in [1.165, 1.54) is 5.56 Å². The Balaban J connectivity index is 1.27. The number of urea groups is 1. The van der Waals surface area contributed by atoms with Crippen molar-refractivity contribution in [2.75, 3.05) is 26.3 Å². The van der Waals surface area contributed by atoms with Crippen molar-refractivity contribution in [1.82, 2.24) is 19.8 Å². The minimum Gasteiger partial charge on any atom is -0.381 e. The molecule has 0 bridgehead atoms. The highest BCUT2D eigenvalue weighted by atomic mass is 16.5. The van der Waals surface area contributed by atoms with Gasteiger partial charge in [0.15, 0.2) is 0 Å². The highest BCUT2D eigenvalue weighted by Gasteiger charge is 2.34. The number of carbonyl (C=O) groups excluding carboxylic acids is 1. The second-order valence-corrected chi connectivity index (χ2v) is 7.55. The van der Waals surface area contributed by atoms with Gasteiger partial charge in [-0.1, -0.05) is 30.3 Å². The van der Waals surface area contributed by atoms with Crippen LogP contribution in [-0.2, 0) is 17.7 Å². The second kappa shape index (κ2) is 8.57. The van der Waals surface area contributed by atoms with E-state index < -0.39 is 0 Å². The van der Waals surface area contributed by atoms with Gasteiger partial charge in [0.05, 0.1) is 6.61 Å². The van der Waals surface area contributed by atoms with Gasteiger partial charge in [0.1, 0.15) is 5.82 Å². The minimum atomic E-state index is 0.0607. The lowest BCUT2D eigenvalue weighted by Crippen LogP contribution is -2.44. The summed E-state index contributed by atoms with van der Waals surface area (Å²) in [5.74, 6) is 1.49. The van der Waals surface area contributed by atoms with E-state index in [1.807, 2.05) is 35.5 Å². The number of aromatic nitrogens is 2. The molecule has 1 atom stereocenters. The van der Waals surface area contributed by atoms with Crippen LogP contribution in [0, 0.1) is 5.92 Å². The minimum absolute atomic E-state index is 0.0607. The largest absolute Gasteiger partial charge is 0.381 e. The third-order valence-electron chi connectivity index (χ3n) is 5.35. The molecular weight excluding hydrogens is 340 g/mol. The van der Waals surface area contributed by atoms with Gasteiger partial charge < -0.3 is 19.5 Å². The molecule has 1 N–H and O–H groups in total. The van der Waals surface area contributed by atoms with Gasteiger partial charge in [0.25, 0.3) is 0 Å². The van der Waals surface area contributed by atoms with Gasteiger partial charge >= 0.3 is 6.03 Å². The van der Waals surface area contributed by atoms with Crippen LogP contribution in [0.4, 0.5) is 4.79 Å². The molecule has 2 aliphatic rings. The van der Waals surface area contributed by atoms with Crippen molar-refractivity contribution in [3.63, 3.8) is 0 Å². The fourth-order valence-corrected chi connectivity index (χ4v) is 3.66. The number of hydrogen-bond donors (Lipinski definition) is 1. The Bertz CT molecular complexity index is 736. The van der Waals surface area contributed by atoms with E-state index >= 15 is 0 Å². The molecule has 4 rings (SSSR count). The van der Waals surface area contributed by atoms with Crippen LogP contribution in [0.2, 0.25) is 0 Å². The number of imidazole rings is 1. The molecule has 6 heteroatoms. The first-order valence-electron chi connectivity index (χ1n) is 9.96. The molecule has 144 valence electrons. The molecule has 1 unspecified atom stereocenters. The standard InChI is InChI=1S/C21H28N4O2/c26-21(25(19-6-7-19)15-18-9-13-27-16-18)23-10-8-20-22-11-12-24(20)14-17-4-2-1-3-5-17/h1-5,11-12,18-19H,6-10,13-16H2,(H,23,26). The number of hydrogen-bond acceptors (Lipinski definition) is 3. The zero-order valence-corrected chi connectivity index (χ0v) is 15.7. The molecule has 2 amide bonds. The first-order valence-corrected chi connectivity index (χ1v) is 9.96. The Morgan fingerprint density at radius 2 is 2.11 bits per heavy atom. The first kappa shape index (κ1) is 18.0. The average Bonchev–Trinajstić information content (AvgIpc) is 3.21. The molecule has 1 aliphatic heterocycles. The molecular formula is C21H28N4O2. The Hall–Kier alpha value is -2.34. The van der Waals surface area contributed by atoms with E-state index in [4.69, 9.17) is 4.74 Å². The highest BCUT2D eigenvalue weighted by molar-refractivity contribution is 5.74. The van der Waals surface area contributed by atoms with Crippen molar-refractivity contribution in [2.24, 2.45) is 5.92 Å². The predicted octanol–water partition coefficient (Wildman–Crippen LogP) is 2.68. The predicted molar refractivity (Wildman–Crippen MR) is 104 cm³/mol. The van der Waals surface area contributed by atoms with E-state index in [1.54, 1.807) is 0 Å². The summed E-state index contributed by atoms with van der Waals surface area (Å²) in [7, 11) is 0. The van der Waals surface area contributed by atoms with Crippen molar-refractivity contribution < 1.29 is 9.53 Å². The number of rotatable bonds is 8. The van der Waals surface area contributed by atoms with Crippen LogP contribution in [0.1, 0.15) is 30.7 Å². The fraction of sp³-hybridized carbons (Fsp3) is 0.524. The van der Waals surface area contributed by atoms with E-state index in [9.17, 15) is 4.79 Å². The smallest absolute Gasteiger partial charge is 0.317 e. The lowest BCUT2D eigenvalue weighted by atomic mass is 10.1. The van der Waals surface area contributed by atoms with Crippen molar-refractivity contribution in [2.45, 2.75) is 38.3 Å². The molecule has 0 spiro atoms. The fourth-order valence-electron chi connectivity index (χ4n) is 3.66. The Morgan fingerprint density at radius 1 is 1.26 bits per heavy atom. The Kier molecular flexibility index (Phi) is 5.72. The average molecular weight is 368 g/mol. The molecule has 0 radical (unpaired) electrons. The molecule has 1 aromatic carbocycles. The van der Waals surface area contributed by atoms with Crippen LogP contribution in [0.3, 0.4) is 0 Å². The molecule has 1 aromatic heterocycles. The maximum Gasteiger partial charge on any atom is 0.317 e. The van der Waals surface area contributed by atoms with Crippen molar-refractivity contribution in [1.29, 1.82) is 0 Å². The summed E-state index contributed by atoms with van der Waals surface area (Å²) in [5.41, 5.74) is 1.25. The first-order chi connectivity index (χ1) is 13.3. The topological polar surface area (TPSA) is 59.4 Å². The summed E-state index contributed by atoms with van der Waals surface area (Å²) in [6.07, 6.45) is 7.88.